The number of hydrogen-bond donors (Lipinski definition) is 0. The van der Waals surface area contributed by atoms with Crippen molar-refractivity contribution < 1.29 is 18.3 Å². The highest BCUT2D eigenvalue weighted by Crippen LogP contribution is 2.26. The molecule has 1 aliphatic carbocycles. The molecule has 1 amide bonds. The highest BCUT2D eigenvalue weighted by Gasteiger charge is 2.22. The van der Waals surface area contributed by atoms with Crippen molar-refractivity contribution in [2.75, 3.05) is 18.1 Å². The van der Waals surface area contributed by atoms with Crippen molar-refractivity contribution in [1.82, 2.24) is 0 Å². The van der Waals surface area contributed by atoms with E-state index in [0.717, 1.165) is 31.4 Å². The van der Waals surface area contributed by atoms with Crippen LogP contribution in [0.4, 0.5) is 14.5 Å². The summed E-state index contributed by atoms with van der Waals surface area (Å²) in [5.74, 6) is -1.47. The van der Waals surface area contributed by atoms with E-state index in [1.54, 1.807) is 6.92 Å². The van der Waals surface area contributed by atoms with E-state index < -0.39 is 11.6 Å². The molecule has 0 saturated heterocycles. The third-order valence-electron chi connectivity index (χ3n) is 4.16. The Morgan fingerprint density at radius 2 is 2.09 bits per heavy atom. The Balaban J connectivity index is 1.95. The lowest BCUT2D eigenvalue weighted by Crippen LogP contribution is -2.36. The second kappa shape index (κ2) is 7.68. The Bertz CT molecular complexity index is 521. The maximum Gasteiger partial charge on any atom is 0.252 e. The zero-order valence-electron chi connectivity index (χ0n) is 13.1. The van der Waals surface area contributed by atoms with Crippen molar-refractivity contribution in [1.29, 1.82) is 0 Å². The topological polar surface area (TPSA) is 29.5 Å². The molecule has 0 aromatic heterocycles. The number of likely N-dealkylation sites (N-methyl/N-ethyl adjacent to an activating group) is 1. The summed E-state index contributed by atoms with van der Waals surface area (Å²) >= 11 is 0. The van der Waals surface area contributed by atoms with Gasteiger partial charge in [-0.05, 0) is 37.8 Å². The fourth-order valence-electron chi connectivity index (χ4n) is 2.95. The van der Waals surface area contributed by atoms with Gasteiger partial charge in [0.25, 0.3) is 5.91 Å². The fraction of sp³-hybridized carbons (Fsp3) is 0.588. The summed E-state index contributed by atoms with van der Waals surface area (Å²) in [5, 5.41) is 0. The maximum absolute atomic E-state index is 13.3. The molecule has 0 N–H and O–H groups in total. The molecule has 0 radical (unpaired) electrons. The van der Waals surface area contributed by atoms with Crippen molar-refractivity contribution in [3.8, 4) is 0 Å². The van der Waals surface area contributed by atoms with Crippen LogP contribution in [-0.4, -0.2) is 25.2 Å². The molecule has 1 fully saturated rings. The van der Waals surface area contributed by atoms with Gasteiger partial charge >= 0.3 is 0 Å². The molecule has 0 spiro atoms. The minimum Gasteiger partial charge on any atom is -0.368 e. The van der Waals surface area contributed by atoms with Crippen molar-refractivity contribution in [3.63, 3.8) is 0 Å². The molecule has 2 atom stereocenters. The van der Waals surface area contributed by atoms with Gasteiger partial charge in [0.2, 0.25) is 0 Å². The third-order valence-corrected chi connectivity index (χ3v) is 4.16. The molecule has 2 rings (SSSR count). The zero-order valence-corrected chi connectivity index (χ0v) is 13.1. The Morgan fingerprint density at radius 1 is 1.32 bits per heavy atom. The van der Waals surface area contributed by atoms with Crippen LogP contribution in [0.25, 0.3) is 0 Å². The summed E-state index contributed by atoms with van der Waals surface area (Å²) in [4.78, 5) is 13.7. The normalized spacial score (nSPS) is 21.6. The minimum absolute atomic E-state index is 0.0236. The molecule has 2 unspecified atom stereocenters. The van der Waals surface area contributed by atoms with Crippen LogP contribution in [-0.2, 0) is 9.53 Å². The molecule has 0 heterocycles. The Kier molecular flexibility index (Phi) is 5.89. The first kappa shape index (κ1) is 16.9. The number of carbonyl (C=O) groups is 1. The standard InChI is InChI=1S/C17H23F2NO2/c1-3-20(13-7-8-15(18)16(19)10-13)17(21)11-22-14-6-4-5-12(2)9-14/h7-8,10,12,14H,3-6,9,11H2,1-2H3. The van der Waals surface area contributed by atoms with Crippen LogP contribution in [0.3, 0.4) is 0 Å². The Labute approximate surface area is 130 Å². The van der Waals surface area contributed by atoms with Gasteiger partial charge in [-0.15, -0.1) is 0 Å². The molecule has 1 aromatic rings. The summed E-state index contributed by atoms with van der Waals surface area (Å²) in [7, 11) is 0. The van der Waals surface area contributed by atoms with Crippen molar-refractivity contribution >= 4 is 11.6 Å². The van der Waals surface area contributed by atoms with E-state index in [1.165, 1.54) is 17.4 Å². The van der Waals surface area contributed by atoms with E-state index in [-0.39, 0.29) is 18.6 Å². The number of ether oxygens (including phenoxy) is 1. The van der Waals surface area contributed by atoms with E-state index in [1.807, 2.05) is 0 Å². The van der Waals surface area contributed by atoms with Gasteiger partial charge in [0.15, 0.2) is 11.6 Å². The SMILES string of the molecule is CCN(C(=O)COC1CCCC(C)C1)c1ccc(F)c(F)c1. The second-order valence-corrected chi connectivity index (χ2v) is 5.94. The number of halogens is 2. The van der Waals surface area contributed by atoms with E-state index in [4.69, 9.17) is 4.74 Å². The molecular weight excluding hydrogens is 288 g/mol. The van der Waals surface area contributed by atoms with E-state index in [0.29, 0.717) is 18.2 Å². The fourth-order valence-corrected chi connectivity index (χ4v) is 2.95. The summed E-state index contributed by atoms with van der Waals surface area (Å²) in [6.07, 6.45) is 4.42. The van der Waals surface area contributed by atoms with Gasteiger partial charge in [-0.3, -0.25) is 4.79 Å². The van der Waals surface area contributed by atoms with Gasteiger partial charge in [0.05, 0.1) is 6.10 Å². The largest absolute Gasteiger partial charge is 0.368 e. The summed E-state index contributed by atoms with van der Waals surface area (Å²) in [5.41, 5.74) is 0.354. The van der Waals surface area contributed by atoms with Crippen molar-refractivity contribution in [2.24, 2.45) is 5.92 Å². The van der Waals surface area contributed by atoms with Gasteiger partial charge in [0.1, 0.15) is 6.61 Å². The zero-order chi connectivity index (χ0) is 16.1. The molecule has 122 valence electrons. The van der Waals surface area contributed by atoms with E-state index in [2.05, 4.69) is 6.92 Å². The molecule has 0 bridgehead atoms. The summed E-state index contributed by atoms with van der Waals surface area (Å²) in [6, 6.07) is 3.48. The number of anilines is 1. The second-order valence-electron chi connectivity index (χ2n) is 5.94. The average Bonchev–Trinajstić information content (AvgIpc) is 2.49. The number of benzene rings is 1. The number of rotatable bonds is 5. The smallest absolute Gasteiger partial charge is 0.252 e. The van der Waals surface area contributed by atoms with Gasteiger partial charge in [-0.2, -0.15) is 0 Å². The van der Waals surface area contributed by atoms with Crippen LogP contribution in [0.1, 0.15) is 39.5 Å². The number of amides is 1. The molecular formula is C17H23F2NO2. The molecule has 22 heavy (non-hydrogen) atoms. The monoisotopic (exact) mass is 311 g/mol. The molecule has 3 nitrogen and oxygen atoms in total. The van der Waals surface area contributed by atoms with Crippen LogP contribution in [0.15, 0.2) is 18.2 Å². The van der Waals surface area contributed by atoms with Crippen molar-refractivity contribution in [3.05, 3.63) is 29.8 Å². The minimum atomic E-state index is -0.953. The van der Waals surface area contributed by atoms with Gasteiger partial charge in [-0.1, -0.05) is 19.8 Å². The van der Waals surface area contributed by atoms with Crippen LogP contribution >= 0.6 is 0 Å². The molecule has 1 saturated carbocycles. The van der Waals surface area contributed by atoms with Crippen molar-refractivity contribution in [2.45, 2.75) is 45.6 Å². The molecule has 1 aromatic carbocycles. The molecule has 1 aliphatic rings. The van der Waals surface area contributed by atoms with Crippen LogP contribution in [0.5, 0.6) is 0 Å². The van der Waals surface area contributed by atoms with Crippen LogP contribution in [0, 0.1) is 17.6 Å². The third kappa shape index (κ3) is 4.26. The first-order chi connectivity index (χ1) is 10.5. The summed E-state index contributed by atoms with van der Waals surface area (Å²) < 4.78 is 32.0. The first-order valence-corrected chi connectivity index (χ1v) is 7.88. The average molecular weight is 311 g/mol. The van der Waals surface area contributed by atoms with Crippen LogP contribution < -0.4 is 4.90 Å². The lowest BCUT2D eigenvalue weighted by molar-refractivity contribution is -0.126. The highest BCUT2D eigenvalue weighted by molar-refractivity contribution is 5.94. The highest BCUT2D eigenvalue weighted by atomic mass is 19.2. The number of nitrogens with zero attached hydrogens (tertiary/aromatic N) is 1. The lowest BCUT2D eigenvalue weighted by Gasteiger charge is -2.28. The van der Waals surface area contributed by atoms with Crippen LogP contribution in [0.2, 0.25) is 0 Å². The summed E-state index contributed by atoms with van der Waals surface area (Å²) in [6.45, 7) is 4.34. The van der Waals surface area contributed by atoms with Gasteiger partial charge in [0, 0.05) is 18.3 Å². The number of carbonyl (C=O) groups excluding carboxylic acids is 1. The number of hydrogen-bond acceptors (Lipinski definition) is 2. The predicted molar refractivity (Wildman–Crippen MR) is 81.8 cm³/mol. The van der Waals surface area contributed by atoms with Gasteiger partial charge < -0.3 is 9.64 Å². The lowest BCUT2D eigenvalue weighted by atomic mass is 9.89. The maximum atomic E-state index is 13.3. The quantitative estimate of drug-likeness (QED) is 0.825. The Hall–Kier alpha value is -1.49. The van der Waals surface area contributed by atoms with E-state index in [9.17, 15) is 13.6 Å². The van der Waals surface area contributed by atoms with E-state index >= 15 is 0 Å². The first-order valence-electron chi connectivity index (χ1n) is 7.88. The molecule has 5 heteroatoms. The molecule has 0 aliphatic heterocycles. The van der Waals surface area contributed by atoms with Gasteiger partial charge in [-0.25, -0.2) is 8.78 Å². The predicted octanol–water partition coefficient (Wildman–Crippen LogP) is 3.91. The Morgan fingerprint density at radius 3 is 2.73 bits per heavy atom.